The normalized spacial score (nSPS) is 9.79. The van der Waals surface area contributed by atoms with Crippen LogP contribution in [-0.4, -0.2) is 12.9 Å². The first-order valence-corrected chi connectivity index (χ1v) is 5.44. The van der Waals surface area contributed by atoms with Gasteiger partial charge in [0.05, 0.1) is 6.61 Å². The van der Waals surface area contributed by atoms with E-state index in [9.17, 15) is 4.79 Å². The van der Waals surface area contributed by atoms with Crippen molar-refractivity contribution >= 4 is 22.2 Å². The lowest BCUT2D eigenvalue weighted by atomic mass is 10.2. The molecular formula is C11H13BrO2. The van der Waals surface area contributed by atoms with Crippen LogP contribution in [0.5, 0.6) is 5.75 Å². The Morgan fingerprint density at radius 3 is 2.57 bits per heavy atom. The molecule has 0 bridgehead atoms. The second-order valence-electron chi connectivity index (χ2n) is 2.96. The standard InChI is InChI=1S/C11H13BrO2/c12-10-4-6-11(7-5-10)14-9-3-1-2-8-13/h4-8H,1-3,9H2. The zero-order chi connectivity index (χ0) is 10.2. The Morgan fingerprint density at radius 1 is 1.21 bits per heavy atom. The molecule has 0 heterocycles. The van der Waals surface area contributed by atoms with E-state index in [4.69, 9.17) is 4.74 Å². The highest BCUT2D eigenvalue weighted by atomic mass is 79.9. The molecule has 76 valence electrons. The fourth-order valence-corrected chi connectivity index (χ4v) is 1.31. The molecule has 0 amide bonds. The van der Waals surface area contributed by atoms with Crippen LogP contribution in [0.4, 0.5) is 0 Å². The van der Waals surface area contributed by atoms with Gasteiger partial charge in [-0.05, 0) is 37.1 Å². The molecule has 0 aliphatic rings. The summed E-state index contributed by atoms with van der Waals surface area (Å²) in [5, 5.41) is 0. The first-order valence-electron chi connectivity index (χ1n) is 4.65. The summed E-state index contributed by atoms with van der Waals surface area (Å²) in [5.74, 6) is 0.874. The molecule has 0 saturated carbocycles. The number of hydrogen-bond donors (Lipinski definition) is 0. The van der Waals surface area contributed by atoms with Crippen LogP contribution < -0.4 is 4.74 Å². The molecule has 0 aromatic heterocycles. The first-order chi connectivity index (χ1) is 6.83. The Labute approximate surface area is 92.4 Å². The fourth-order valence-electron chi connectivity index (χ4n) is 1.05. The van der Waals surface area contributed by atoms with Gasteiger partial charge < -0.3 is 9.53 Å². The number of carbonyl (C=O) groups is 1. The van der Waals surface area contributed by atoms with E-state index >= 15 is 0 Å². The number of aldehydes is 1. The van der Waals surface area contributed by atoms with Crippen LogP contribution in [0.15, 0.2) is 28.7 Å². The van der Waals surface area contributed by atoms with Crippen molar-refractivity contribution in [1.29, 1.82) is 0 Å². The van der Waals surface area contributed by atoms with Gasteiger partial charge in [0.1, 0.15) is 12.0 Å². The predicted molar refractivity (Wildman–Crippen MR) is 59.6 cm³/mol. The molecule has 1 aromatic carbocycles. The van der Waals surface area contributed by atoms with Crippen molar-refractivity contribution < 1.29 is 9.53 Å². The van der Waals surface area contributed by atoms with Crippen molar-refractivity contribution in [2.75, 3.05) is 6.61 Å². The van der Waals surface area contributed by atoms with Gasteiger partial charge in [0.25, 0.3) is 0 Å². The number of carbonyl (C=O) groups excluding carboxylic acids is 1. The third-order valence-electron chi connectivity index (χ3n) is 1.80. The number of rotatable bonds is 6. The summed E-state index contributed by atoms with van der Waals surface area (Å²) in [6.45, 7) is 0.676. The Balaban J connectivity index is 2.18. The smallest absolute Gasteiger partial charge is 0.119 e. The third kappa shape index (κ3) is 4.42. The van der Waals surface area contributed by atoms with Gasteiger partial charge in [-0.2, -0.15) is 0 Å². The van der Waals surface area contributed by atoms with E-state index in [1.54, 1.807) is 0 Å². The molecule has 1 rings (SSSR count). The molecule has 0 spiro atoms. The van der Waals surface area contributed by atoms with Crippen molar-refractivity contribution in [3.8, 4) is 5.75 Å². The Morgan fingerprint density at radius 2 is 1.93 bits per heavy atom. The lowest BCUT2D eigenvalue weighted by molar-refractivity contribution is -0.107. The molecule has 0 aliphatic carbocycles. The minimum atomic E-state index is 0.629. The van der Waals surface area contributed by atoms with E-state index < -0.39 is 0 Å². The SMILES string of the molecule is O=CCCCCOc1ccc(Br)cc1. The maximum absolute atomic E-state index is 10.0. The van der Waals surface area contributed by atoms with Crippen molar-refractivity contribution in [2.45, 2.75) is 19.3 Å². The lowest BCUT2D eigenvalue weighted by Gasteiger charge is -2.04. The van der Waals surface area contributed by atoms with Crippen LogP contribution >= 0.6 is 15.9 Å². The van der Waals surface area contributed by atoms with Crippen molar-refractivity contribution in [2.24, 2.45) is 0 Å². The topological polar surface area (TPSA) is 26.3 Å². The molecule has 0 unspecified atom stereocenters. The highest BCUT2D eigenvalue weighted by Gasteiger charge is 1.93. The first kappa shape index (κ1) is 11.2. The second-order valence-corrected chi connectivity index (χ2v) is 3.88. The van der Waals surface area contributed by atoms with Crippen molar-refractivity contribution in [3.63, 3.8) is 0 Å². The minimum absolute atomic E-state index is 0.629. The average Bonchev–Trinajstić information content (AvgIpc) is 2.21. The largest absolute Gasteiger partial charge is 0.494 e. The van der Waals surface area contributed by atoms with Crippen LogP contribution in [0.1, 0.15) is 19.3 Å². The number of ether oxygens (including phenoxy) is 1. The molecular weight excluding hydrogens is 244 g/mol. The van der Waals surface area contributed by atoms with E-state index in [1.165, 1.54) is 0 Å². The molecule has 1 aromatic rings. The van der Waals surface area contributed by atoms with Gasteiger partial charge in [0, 0.05) is 10.9 Å². The fraction of sp³-hybridized carbons (Fsp3) is 0.364. The van der Waals surface area contributed by atoms with E-state index in [1.807, 2.05) is 24.3 Å². The van der Waals surface area contributed by atoms with E-state index in [0.29, 0.717) is 13.0 Å². The van der Waals surface area contributed by atoms with E-state index in [0.717, 1.165) is 29.4 Å². The zero-order valence-electron chi connectivity index (χ0n) is 7.91. The van der Waals surface area contributed by atoms with Crippen LogP contribution in [0, 0.1) is 0 Å². The summed E-state index contributed by atoms with van der Waals surface area (Å²) in [6, 6.07) is 7.73. The third-order valence-corrected chi connectivity index (χ3v) is 2.33. The molecule has 0 aliphatic heterocycles. The lowest BCUT2D eigenvalue weighted by Crippen LogP contribution is -1.96. The van der Waals surface area contributed by atoms with Crippen molar-refractivity contribution in [1.82, 2.24) is 0 Å². The molecule has 0 N–H and O–H groups in total. The van der Waals surface area contributed by atoms with Gasteiger partial charge in [-0.1, -0.05) is 15.9 Å². The Kier molecular flexibility index (Phi) is 5.30. The highest BCUT2D eigenvalue weighted by molar-refractivity contribution is 9.10. The van der Waals surface area contributed by atoms with Crippen LogP contribution in [0.2, 0.25) is 0 Å². The van der Waals surface area contributed by atoms with Gasteiger partial charge in [0.2, 0.25) is 0 Å². The van der Waals surface area contributed by atoms with Gasteiger partial charge in [-0.15, -0.1) is 0 Å². The molecule has 0 atom stereocenters. The van der Waals surface area contributed by atoms with Gasteiger partial charge in [-0.3, -0.25) is 0 Å². The van der Waals surface area contributed by atoms with Gasteiger partial charge in [0.15, 0.2) is 0 Å². The second kappa shape index (κ2) is 6.60. The van der Waals surface area contributed by atoms with E-state index in [2.05, 4.69) is 15.9 Å². The summed E-state index contributed by atoms with van der Waals surface area (Å²) in [5.41, 5.74) is 0. The maximum atomic E-state index is 10.0. The summed E-state index contributed by atoms with van der Waals surface area (Å²) in [4.78, 5) is 10.0. The molecule has 0 radical (unpaired) electrons. The molecule has 0 saturated heterocycles. The number of halogens is 1. The van der Waals surface area contributed by atoms with E-state index in [-0.39, 0.29) is 0 Å². The average molecular weight is 257 g/mol. The minimum Gasteiger partial charge on any atom is -0.494 e. The summed E-state index contributed by atoms with van der Waals surface area (Å²) in [6.07, 6.45) is 3.40. The summed E-state index contributed by atoms with van der Waals surface area (Å²) in [7, 11) is 0. The summed E-state index contributed by atoms with van der Waals surface area (Å²) < 4.78 is 6.52. The van der Waals surface area contributed by atoms with Crippen molar-refractivity contribution in [3.05, 3.63) is 28.7 Å². The highest BCUT2D eigenvalue weighted by Crippen LogP contribution is 2.16. The van der Waals surface area contributed by atoms with Crippen LogP contribution in [0.25, 0.3) is 0 Å². The number of hydrogen-bond acceptors (Lipinski definition) is 2. The molecule has 14 heavy (non-hydrogen) atoms. The summed E-state index contributed by atoms with van der Waals surface area (Å²) >= 11 is 3.35. The monoisotopic (exact) mass is 256 g/mol. The zero-order valence-corrected chi connectivity index (χ0v) is 9.50. The van der Waals surface area contributed by atoms with Crippen LogP contribution in [0.3, 0.4) is 0 Å². The molecule has 0 fully saturated rings. The Bertz CT molecular complexity index is 269. The van der Waals surface area contributed by atoms with Crippen LogP contribution in [-0.2, 0) is 4.79 Å². The van der Waals surface area contributed by atoms with Gasteiger partial charge in [-0.25, -0.2) is 0 Å². The quantitative estimate of drug-likeness (QED) is 0.577. The predicted octanol–water partition coefficient (Wildman–Crippen LogP) is 3.20. The number of unbranched alkanes of at least 4 members (excludes halogenated alkanes) is 2. The maximum Gasteiger partial charge on any atom is 0.119 e. The number of benzene rings is 1. The Hall–Kier alpha value is -0.830. The molecule has 3 heteroatoms. The van der Waals surface area contributed by atoms with Gasteiger partial charge >= 0.3 is 0 Å². The molecule has 2 nitrogen and oxygen atoms in total.